The summed E-state index contributed by atoms with van der Waals surface area (Å²) in [5.41, 5.74) is 2.36. The molecule has 1 amide bonds. The SMILES string of the molecule is CCCCCCCCCn1c(CCCCCNC(=O)COc2ccccc2)nc2ccccc21. The Labute approximate surface area is 204 Å². The van der Waals surface area contributed by atoms with Crippen molar-refractivity contribution in [3.63, 3.8) is 0 Å². The zero-order valence-corrected chi connectivity index (χ0v) is 20.8. The lowest BCUT2D eigenvalue weighted by Crippen LogP contribution is -2.29. The van der Waals surface area contributed by atoms with E-state index in [4.69, 9.17) is 9.72 Å². The molecule has 0 aliphatic carbocycles. The summed E-state index contributed by atoms with van der Waals surface area (Å²) in [7, 11) is 0. The van der Waals surface area contributed by atoms with Gasteiger partial charge in [0.25, 0.3) is 5.91 Å². The summed E-state index contributed by atoms with van der Waals surface area (Å²) in [5, 5.41) is 2.95. The molecule has 3 aromatic rings. The molecule has 0 unspecified atom stereocenters. The van der Waals surface area contributed by atoms with Crippen LogP contribution < -0.4 is 10.1 Å². The van der Waals surface area contributed by atoms with Crippen LogP contribution in [0.5, 0.6) is 5.75 Å². The smallest absolute Gasteiger partial charge is 0.257 e. The van der Waals surface area contributed by atoms with Gasteiger partial charge in [-0.2, -0.15) is 0 Å². The maximum absolute atomic E-state index is 12.0. The van der Waals surface area contributed by atoms with Crippen LogP contribution in [-0.4, -0.2) is 28.6 Å². The van der Waals surface area contributed by atoms with Crippen molar-refractivity contribution in [2.75, 3.05) is 13.2 Å². The normalized spacial score (nSPS) is 11.1. The quantitative estimate of drug-likeness (QED) is 0.227. The van der Waals surface area contributed by atoms with E-state index in [0.717, 1.165) is 43.5 Å². The van der Waals surface area contributed by atoms with Crippen LogP contribution in [0.4, 0.5) is 0 Å². The standard InChI is InChI=1S/C29H41N3O2/c1-2-3-4-5-6-7-16-23-32-27-20-14-13-19-26(27)31-28(32)21-12-9-15-22-30-29(33)24-34-25-17-10-8-11-18-25/h8,10-11,13-14,17-20H,2-7,9,12,15-16,21-24H2,1H3,(H,30,33). The number of aromatic nitrogens is 2. The van der Waals surface area contributed by atoms with Crippen LogP contribution in [0.15, 0.2) is 54.6 Å². The molecular weight excluding hydrogens is 422 g/mol. The number of ether oxygens (including phenoxy) is 1. The highest BCUT2D eigenvalue weighted by atomic mass is 16.5. The Balaban J connectivity index is 1.35. The predicted molar refractivity (Wildman–Crippen MR) is 140 cm³/mol. The molecule has 0 radical (unpaired) electrons. The molecule has 5 heteroatoms. The van der Waals surface area contributed by atoms with E-state index in [-0.39, 0.29) is 12.5 Å². The van der Waals surface area contributed by atoms with Gasteiger partial charge in [-0.3, -0.25) is 4.79 Å². The van der Waals surface area contributed by atoms with Gasteiger partial charge < -0.3 is 14.6 Å². The Morgan fingerprint density at radius 3 is 2.38 bits per heavy atom. The number of aryl methyl sites for hydroxylation is 2. The van der Waals surface area contributed by atoms with E-state index in [0.29, 0.717) is 6.54 Å². The summed E-state index contributed by atoms with van der Waals surface area (Å²) in [4.78, 5) is 16.9. The van der Waals surface area contributed by atoms with Crippen molar-refractivity contribution in [1.82, 2.24) is 14.9 Å². The fourth-order valence-corrected chi connectivity index (χ4v) is 4.32. The van der Waals surface area contributed by atoms with Gasteiger partial charge in [-0.1, -0.05) is 82.2 Å². The highest BCUT2D eigenvalue weighted by Crippen LogP contribution is 2.19. The lowest BCUT2D eigenvalue weighted by molar-refractivity contribution is -0.123. The first-order valence-electron chi connectivity index (χ1n) is 13.2. The number of para-hydroxylation sites is 3. The van der Waals surface area contributed by atoms with Crippen LogP contribution in [0, 0.1) is 0 Å². The van der Waals surface area contributed by atoms with Gasteiger partial charge in [0.15, 0.2) is 6.61 Å². The molecule has 1 N–H and O–H groups in total. The Morgan fingerprint density at radius 1 is 0.853 bits per heavy atom. The summed E-state index contributed by atoms with van der Waals surface area (Å²) in [5.74, 6) is 1.85. The molecule has 0 aliphatic rings. The number of carbonyl (C=O) groups is 1. The van der Waals surface area contributed by atoms with Gasteiger partial charge >= 0.3 is 0 Å². The molecular formula is C29H41N3O2. The van der Waals surface area contributed by atoms with Crippen LogP contribution in [0.3, 0.4) is 0 Å². The minimum absolute atomic E-state index is 0.0621. The second-order valence-corrected chi connectivity index (χ2v) is 9.05. The van der Waals surface area contributed by atoms with Crippen molar-refractivity contribution >= 4 is 16.9 Å². The summed E-state index contributed by atoms with van der Waals surface area (Å²) in [6, 6.07) is 17.9. The molecule has 0 fully saturated rings. The van der Waals surface area contributed by atoms with Crippen molar-refractivity contribution in [3.05, 3.63) is 60.4 Å². The molecule has 0 saturated carbocycles. The highest BCUT2D eigenvalue weighted by Gasteiger charge is 2.10. The second-order valence-electron chi connectivity index (χ2n) is 9.05. The lowest BCUT2D eigenvalue weighted by atomic mass is 10.1. The summed E-state index contributed by atoms with van der Waals surface area (Å²) >= 11 is 0. The minimum atomic E-state index is -0.0691. The molecule has 34 heavy (non-hydrogen) atoms. The monoisotopic (exact) mass is 463 g/mol. The largest absolute Gasteiger partial charge is 0.484 e. The topological polar surface area (TPSA) is 56.2 Å². The van der Waals surface area contributed by atoms with E-state index in [9.17, 15) is 4.79 Å². The number of unbranched alkanes of at least 4 members (excludes halogenated alkanes) is 8. The predicted octanol–water partition coefficient (Wildman–Crippen LogP) is 6.69. The van der Waals surface area contributed by atoms with E-state index in [2.05, 4.69) is 41.1 Å². The zero-order valence-electron chi connectivity index (χ0n) is 20.8. The zero-order chi connectivity index (χ0) is 23.8. The van der Waals surface area contributed by atoms with E-state index >= 15 is 0 Å². The number of hydrogen-bond donors (Lipinski definition) is 1. The second kappa shape index (κ2) is 15.2. The minimum Gasteiger partial charge on any atom is -0.484 e. The number of hydrogen-bond acceptors (Lipinski definition) is 3. The molecule has 5 nitrogen and oxygen atoms in total. The number of nitrogens with one attached hydrogen (secondary N) is 1. The molecule has 2 aromatic carbocycles. The number of nitrogens with zero attached hydrogens (tertiary/aromatic N) is 2. The average molecular weight is 464 g/mol. The van der Waals surface area contributed by atoms with Gasteiger partial charge in [0.05, 0.1) is 11.0 Å². The van der Waals surface area contributed by atoms with Gasteiger partial charge in [0, 0.05) is 19.5 Å². The number of fused-ring (bicyclic) bond motifs is 1. The molecule has 0 saturated heterocycles. The molecule has 3 rings (SSSR count). The van der Waals surface area contributed by atoms with Gasteiger partial charge in [-0.25, -0.2) is 4.98 Å². The Kier molecular flexibility index (Phi) is 11.5. The number of benzene rings is 2. The molecule has 0 bridgehead atoms. The Hall–Kier alpha value is -2.82. The van der Waals surface area contributed by atoms with Crippen molar-refractivity contribution in [2.24, 2.45) is 0 Å². The van der Waals surface area contributed by atoms with Gasteiger partial charge in [0.2, 0.25) is 0 Å². The summed E-state index contributed by atoms with van der Waals surface area (Å²) in [6.07, 6.45) is 13.4. The van der Waals surface area contributed by atoms with Crippen LogP contribution >= 0.6 is 0 Å². The molecule has 184 valence electrons. The van der Waals surface area contributed by atoms with Crippen LogP contribution in [-0.2, 0) is 17.8 Å². The first-order valence-corrected chi connectivity index (χ1v) is 13.2. The van der Waals surface area contributed by atoms with E-state index < -0.39 is 0 Å². The van der Waals surface area contributed by atoms with Crippen molar-refractivity contribution in [1.29, 1.82) is 0 Å². The fraction of sp³-hybridized carbons (Fsp3) is 0.517. The maximum atomic E-state index is 12.0. The highest BCUT2D eigenvalue weighted by molar-refractivity contribution is 5.77. The first-order chi connectivity index (χ1) is 16.8. The summed E-state index contributed by atoms with van der Waals surface area (Å²) in [6.45, 7) is 4.07. The first kappa shape index (κ1) is 25.8. The van der Waals surface area contributed by atoms with E-state index in [1.54, 1.807) is 0 Å². The van der Waals surface area contributed by atoms with Gasteiger partial charge in [0.1, 0.15) is 11.6 Å². The summed E-state index contributed by atoms with van der Waals surface area (Å²) < 4.78 is 7.92. The van der Waals surface area contributed by atoms with Crippen LogP contribution in [0.1, 0.15) is 77.0 Å². The third-order valence-corrected chi connectivity index (χ3v) is 6.23. The third kappa shape index (κ3) is 8.85. The lowest BCUT2D eigenvalue weighted by Gasteiger charge is -2.10. The Bertz CT molecular complexity index is 968. The van der Waals surface area contributed by atoms with Crippen molar-refractivity contribution in [2.45, 2.75) is 84.1 Å². The maximum Gasteiger partial charge on any atom is 0.257 e. The number of rotatable bonds is 17. The van der Waals surface area contributed by atoms with Crippen molar-refractivity contribution in [3.8, 4) is 5.75 Å². The molecule has 0 atom stereocenters. The average Bonchev–Trinajstić information content (AvgIpc) is 3.22. The van der Waals surface area contributed by atoms with E-state index in [1.165, 1.54) is 56.3 Å². The number of amides is 1. The number of carbonyl (C=O) groups excluding carboxylic acids is 1. The van der Waals surface area contributed by atoms with Crippen LogP contribution in [0.25, 0.3) is 11.0 Å². The Morgan fingerprint density at radius 2 is 1.56 bits per heavy atom. The molecule has 1 heterocycles. The molecule has 1 aromatic heterocycles. The van der Waals surface area contributed by atoms with Gasteiger partial charge in [-0.15, -0.1) is 0 Å². The third-order valence-electron chi connectivity index (χ3n) is 6.23. The van der Waals surface area contributed by atoms with E-state index in [1.807, 2.05) is 30.3 Å². The molecule has 0 spiro atoms. The number of imidazole rings is 1. The van der Waals surface area contributed by atoms with Crippen LogP contribution in [0.2, 0.25) is 0 Å². The van der Waals surface area contributed by atoms with Gasteiger partial charge in [-0.05, 0) is 43.5 Å². The molecule has 0 aliphatic heterocycles. The fourth-order valence-electron chi connectivity index (χ4n) is 4.32. The van der Waals surface area contributed by atoms with Crippen molar-refractivity contribution < 1.29 is 9.53 Å².